The van der Waals surface area contributed by atoms with E-state index in [0.29, 0.717) is 5.92 Å². The van der Waals surface area contributed by atoms with Crippen molar-refractivity contribution in [2.75, 3.05) is 19.6 Å². The van der Waals surface area contributed by atoms with Crippen molar-refractivity contribution in [1.29, 1.82) is 0 Å². The van der Waals surface area contributed by atoms with E-state index >= 15 is 0 Å². The lowest BCUT2D eigenvalue weighted by atomic mass is 9.90. The molecule has 0 radical (unpaired) electrons. The van der Waals surface area contributed by atoms with Gasteiger partial charge in [-0.2, -0.15) is 0 Å². The van der Waals surface area contributed by atoms with Crippen molar-refractivity contribution in [2.45, 2.75) is 70.3 Å². The second-order valence-corrected chi connectivity index (χ2v) is 9.16. The van der Waals surface area contributed by atoms with Crippen LogP contribution in [0.25, 0.3) is 0 Å². The van der Waals surface area contributed by atoms with Crippen molar-refractivity contribution in [3.63, 3.8) is 0 Å². The van der Waals surface area contributed by atoms with Gasteiger partial charge in [0.15, 0.2) is 0 Å². The van der Waals surface area contributed by atoms with Crippen LogP contribution in [0.3, 0.4) is 0 Å². The Morgan fingerprint density at radius 3 is 2.80 bits per heavy atom. The lowest BCUT2D eigenvalue weighted by Crippen LogP contribution is -2.43. The molecule has 1 atom stereocenters. The molecule has 2 aliphatic carbocycles. The lowest BCUT2D eigenvalue weighted by molar-refractivity contribution is -0.126. The molecular weight excluding hydrogens is 330 g/mol. The first-order chi connectivity index (χ1) is 12.3. The van der Waals surface area contributed by atoms with E-state index in [0.717, 1.165) is 44.9 Å². The van der Waals surface area contributed by atoms with Gasteiger partial charge in [0, 0.05) is 30.9 Å². The Morgan fingerprint density at radius 2 is 2.00 bits per heavy atom. The molecule has 1 amide bonds. The van der Waals surface area contributed by atoms with Crippen molar-refractivity contribution in [2.24, 2.45) is 11.8 Å². The number of nitrogens with zero attached hydrogens (tertiary/aromatic N) is 2. The molecule has 4 rings (SSSR count). The van der Waals surface area contributed by atoms with E-state index in [1.54, 1.807) is 0 Å². The number of hydrogen-bond donors (Lipinski definition) is 1. The zero-order valence-corrected chi connectivity index (χ0v) is 16.0. The van der Waals surface area contributed by atoms with Crippen molar-refractivity contribution in [1.82, 2.24) is 15.2 Å². The summed E-state index contributed by atoms with van der Waals surface area (Å²) in [6.07, 6.45) is 11.5. The largest absolute Gasteiger partial charge is 0.356 e. The van der Waals surface area contributed by atoms with Crippen molar-refractivity contribution in [3.05, 3.63) is 16.1 Å². The molecule has 0 aromatic carbocycles. The maximum Gasteiger partial charge on any atom is 0.224 e. The Balaban J connectivity index is 1.28. The van der Waals surface area contributed by atoms with Gasteiger partial charge < -0.3 is 5.32 Å². The van der Waals surface area contributed by atoms with Crippen LogP contribution in [0.1, 0.15) is 74.4 Å². The molecule has 1 aliphatic heterocycles. The molecule has 3 aliphatic rings. The minimum atomic E-state index is 0.170. The van der Waals surface area contributed by atoms with Gasteiger partial charge in [-0.25, -0.2) is 4.98 Å². The zero-order valence-electron chi connectivity index (χ0n) is 15.2. The summed E-state index contributed by atoms with van der Waals surface area (Å²) in [6, 6.07) is 0. The smallest absolute Gasteiger partial charge is 0.224 e. The fraction of sp³-hybridized carbons (Fsp3) is 0.800. The fourth-order valence-corrected chi connectivity index (χ4v) is 5.27. The molecule has 1 aromatic heterocycles. The molecule has 1 aromatic rings. The second-order valence-electron chi connectivity index (χ2n) is 8.27. The summed E-state index contributed by atoms with van der Waals surface area (Å²) >= 11 is 1.85. The van der Waals surface area contributed by atoms with E-state index in [1.165, 1.54) is 55.6 Å². The van der Waals surface area contributed by atoms with E-state index in [4.69, 9.17) is 4.98 Å². The average Bonchev–Trinajstić information content (AvgIpc) is 3.38. The highest BCUT2D eigenvalue weighted by Gasteiger charge is 2.28. The maximum atomic E-state index is 12.4. The molecule has 3 fully saturated rings. The Hall–Kier alpha value is -0.940. The Bertz CT molecular complexity index is 577. The van der Waals surface area contributed by atoms with Gasteiger partial charge in [0.2, 0.25) is 5.91 Å². The van der Waals surface area contributed by atoms with Crippen molar-refractivity contribution >= 4 is 17.2 Å². The fourth-order valence-electron chi connectivity index (χ4n) is 4.29. The molecule has 2 heterocycles. The van der Waals surface area contributed by atoms with Crippen LogP contribution >= 0.6 is 11.3 Å². The monoisotopic (exact) mass is 361 g/mol. The first-order valence-electron chi connectivity index (χ1n) is 10.2. The number of likely N-dealkylation sites (tertiary alicyclic amines) is 1. The third-order valence-corrected chi connectivity index (χ3v) is 7.10. The first kappa shape index (κ1) is 17.5. The normalized spacial score (nSPS) is 25.8. The average molecular weight is 362 g/mol. The number of amides is 1. The molecule has 4 nitrogen and oxygen atoms in total. The highest BCUT2D eigenvalue weighted by atomic mass is 32.1. The van der Waals surface area contributed by atoms with Crippen molar-refractivity contribution < 1.29 is 4.79 Å². The highest BCUT2D eigenvalue weighted by Crippen LogP contribution is 2.34. The highest BCUT2D eigenvalue weighted by molar-refractivity contribution is 7.09. The molecule has 5 heteroatoms. The number of carbonyl (C=O) groups excluding carboxylic acids is 1. The van der Waals surface area contributed by atoms with Crippen LogP contribution in [0, 0.1) is 11.8 Å². The van der Waals surface area contributed by atoms with Gasteiger partial charge in [0.05, 0.1) is 16.6 Å². The van der Waals surface area contributed by atoms with Gasteiger partial charge >= 0.3 is 0 Å². The number of thiazole rings is 1. The maximum absolute atomic E-state index is 12.4. The second kappa shape index (κ2) is 8.17. The summed E-state index contributed by atoms with van der Waals surface area (Å²) in [7, 11) is 0. The van der Waals surface area contributed by atoms with E-state index in [2.05, 4.69) is 15.6 Å². The number of rotatable bonds is 6. The summed E-state index contributed by atoms with van der Waals surface area (Å²) in [5.74, 6) is 1.91. The molecule has 25 heavy (non-hydrogen) atoms. The minimum Gasteiger partial charge on any atom is -0.356 e. The molecular formula is C20H31N3OS. The quantitative estimate of drug-likeness (QED) is 0.835. The van der Waals surface area contributed by atoms with Crippen LogP contribution < -0.4 is 5.32 Å². The SMILES string of the molecule is O=C(NCC1CC1)C1CCCN(Cc2csc(C3CCCCC3)n2)C1. The Kier molecular flexibility index (Phi) is 5.71. The molecule has 0 spiro atoms. The number of nitrogens with one attached hydrogen (secondary N) is 1. The summed E-state index contributed by atoms with van der Waals surface area (Å²) in [5.41, 5.74) is 1.21. The molecule has 1 unspecified atom stereocenters. The first-order valence-corrected chi connectivity index (χ1v) is 11.1. The van der Waals surface area contributed by atoms with Gasteiger partial charge in [0.25, 0.3) is 0 Å². The summed E-state index contributed by atoms with van der Waals surface area (Å²) < 4.78 is 0. The standard InChI is InChI=1S/C20H31N3OS/c24-19(21-11-15-8-9-15)17-7-4-10-23(12-17)13-18-14-25-20(22-18)16-5-2-1-3-6-16/h14-17H,1-13H2,(H,21,24). The van der Waals surface area contributed by atoms with Crippen LogP contribution in [-0.4, -0.2) is 35.4 Å². The number of carbonyl (C=O) groups is 1. The molecule has 138 valence electrons. The number of aromatic nitrogens is 1. The predicted molar refractivity (Wildman–Crippen MR) is 102 cm³/mol. The van der Waals surface area contributed by atoms with Gasteiger partial charge in [-0.3, -0.25) is 9.69 Å². The van der Waals surface area contributed by atoms with Crippen LogP contribution in [0.5, 0.6) is 0 Å². The number of hydrogen-bond acceptors (Lipinski definition) is 4. The van der Waals surface area contributed by atoms with E-state index < -0.39 is 0 Å². The van der Waals surface area contributed by atoms with E-state index in [-0.39, 0.29) is 11.8 Å². The number of piperidine rings is 1. The van der Waals surface area contributed by atoms with Crippen LogP contribution in [-0.2, 0) is 11.3 Å². The topological polar surface area (TPSA) is 45.2 Å². The van der Waals surface area contributed by atoms with Crippen LogP contribution in [0.15, 0.2) is 5.38 Å². The van der Waals surface area contributed by atoms with Gasteiger partial charge in [-0.05, 0) is 51.0 Å². The van der Waals surface area contributed by atoms with Gasteiger partial charge in [0.1, 0.15) is 0 Å². The molecule has 1 N–H and O–H groups in total. The van der Waals surface area contributed by atoms with E-state index in [1.807, 2.05) is 11.3 Å². The summed E-state index contributed by atoms with van der Waals surface area (Å²) in [6.45, 7) is 3.80. The summed E-state index contributed by atoms with van der Waals surface area (Å²) in [4.78, 5) is 19.8. The summed E-state index contributed by atoms with van der Waals surface area (Å²) in [5, 5.41) is 6.77. The van der Waals surface area contributed by atoms with Crippen LogP contribution in [0.4, 0.5) is 0 Å². The third kappa shape index (κ3) is 4.82. The molecule has 2 saturated carbocycles. The predicted octanol–water partition coefficient (Wildman–Crippen LogP) is 3.93. The Labute approximate surface area is 155 Å². The zero-order chi connectivity index (χ0) is 17.1. The van der Waals surface area contributed by atoms with Crippen molar-refractivity contribution in [3.8, 4) is 0 Å². The minimum absolute atomic E-state index is 0.170. The molecule has 0 bridgehead atoms. The van der Waals surface area contributed by atoms with Gasteiger partial charge in [-0.15, -0.1) is 11.3 Å². The van der Waals surface area contributed by atoms with Crippen LogP contribution in [0.2, 0.25) is 0 Å². The third-order valence-electron chi connectivity index (χ3n) is 6.05. The van der Waals surface area contributed by atoms with E-state index in [9.17, 15) is 4.79 Å². The Morgan fingerprint density at radius 1 is 1.16 bits per heavy atom. The van der Waals surface area contributed by atoms with Gasteiger partial charge in [-0.1, -0.05) is 19.3 Å². The molecule has 1 saturated heterocycles. The lowest BCUT2D eigenvalue weighted by Gasteiger charge is -2.31.